The monoisotopic (exact) mass is 444 g/mol. The average molecular weight is 445 g/mol. The van der Waals surface area contributed by atoms with Gasteiger partial charge in [-0.1, -0.05) is 26.0 Å². The van der Waals surface area contributed by atoms with Gasteiger partial charge in [0, 0.05) is 24.9 Å². The van der Waals surface area contributed by atoms with Crippen molar-refractivity contribution in [3.8, 4) is 0 Å². The van der Waals surface area contributed by atoms with Crippen LogP contribution in [0.5, 0.6) is 0 Å². The van der Waals surface area contributed by atoms with Gasteiger partial charge in [-0.3, -0.25) is 9.59 Å². The molecule has 1 spiro atoms. The van der Waals surface area contributed by atoms with Crippen molar-refractivity contribution in [2.75, 3.05) is 31.7 Å². The van der Waals surface area contributed by atoms with Gasteiger partial charge in [0.05, 0.1) is 25.4 Å². The second kappa shape index (κ2) is 9.48. The molecule has 3 heterocycles. The number of hydrogen-bond acceptors (Lipinski definition) is 6. The predicted molar refractivity (Wildman–Crippen MR) is 119 cm³/mol. The van der Waals surface area contributed by atoms with Crippen LogP contribution >= 0.6 is 11.3 Å². The first-order chi connectivity index (χ1) is 15.0. The number of rotatable bonds is 6. The van der Waals surface area contributed by atoms with E-state index >= 15 is 0 Å². The number of anilines is 1. The number of thiophene rings is 1. The van der Waals surface area contributed by atoms with Gasteiger partial charge in [0.1, 0.15) is 11.1 Å². The van der Waals surface area contributed by atoms with Gasteiger partial charge in [-0.25, -0.2) is 0 Å². The SMILES string of the molecule is CC(C)c1ccc(C(=O)Nc2sccc2C(=O)NCC2COC3(CCOCC3)O2)cc1. The van der Waals surface area contributed by atoms with Crippen LogP contribution < -0.4 is 10.6 Å². The molecule has 166 valence electrons. The number of carbonyl (C=O) groups is 2. The summed E-state index contributed by atoms with van der Waals surface area (Å²) < 4.78 is 17.3. The number of benzene rings is 1. The summed E-state index contributed by atoms with van der Waals surface area (Å²) in [4.78, 5) is 25.3. The van der Waals surface area contributed by atoms with Crippen LogP contribution in [0, 0.1) is 0 Å². The lowest BCUT2D eigenvalue weighted by Crippen LogP contribution is -2.39. The summed E-state index contributed by atoms with van der Waals surface area (Å²) in [6, 6.07) is 9.24. The van der Waals surface area contributed by atoms with Crippen molar-refractivity contribution in [2.24, 2.45) is 0 Å². The molecule has 0 radical (unpaired) electrons. The van der Waals surface area contributed by atoms with E-state index in [2.05, 4.69) is 24.5 Å². The second-order valence-corrected chi connectivity index (χ2v) is 9.09. The zero-order valence-electron chi connectivity index (χ0n) is 17.8. The molecule has 7 nitrogen and oxygen atoms in total. The lowest BCUT2D eigenvalue weighted by Gasteiger charge is -2.31. The fraction of sp³-hybridized carbons (Fsp3) is 0.478. The molecular formula is C23H28N2O5S. The van der Waals surface area contributed by atoms with E-state index in [4.69, 9.17) is 14.2 Å². The lowest BCUT2D eigenvalue weighted by atomic mass is 10.0. The van der Waals surface area contributed by atoms with E-state index in [-0.39, 0.29) is 17.9 Å². The summed E-state index contributed by atoms with van der Waals surface area (Å²) in [5, 5.41) is 8.08. The Bertz CT molecular complexity index is 918. The van der Waals surface area contributed by atoms with Gasteiger partial charge in [0.2, 0.25) is 0 Å². The predicted octanol–water partition coefficient (Wildman–Crippen LogP) is 3.78. The third kappa shape index (κ3) is 5.15. The highest BCUT2D eigenvalue weighted by molar-refractivity contribution is 7.14. The minimum Gasteiger partial charge on any atom is -0.381 e. The third-order valence-electron chi connectivity index (χ3n) is 5.64. The fourth-order valence-corrected chi connectivity index (χ4v) is 4.52. The summed E-state index contributed by atoms with van der Waals surface area (Å²) in [5.74, 6) is -0.649. The third-order valence-corrected chi connectivity index (χ3v) is 6.46. The van der Waals surface area contributed by atoms with Crippen molar-refractivity contribution < 1.29 is 23.8 Å². The summed E-state index contributed by atoms with van der Waals surface area (Å²) >= 11 is 1.32. The smallest absolute Gasteiger partial charge is 0.256 e. The lowest BCUT2D eigenvalue weighted by molar-refractivity contribution is -0.210. The molecule has 2 fully saturated rings. The molecule has 2 aliphatic rings. The topological polar surface area (TPSA) is 85.9 Å². The van der Waals surface area contributed by atoms with Crippen LogP contribution in [-0.4, -0.2) is 50.1 Å². The molecular weight excluding hydrogens is 416 g/mol. The van der Waals surface area contributed by atoms with Gasteiger partial charge in [0.15, 0.2) is 5.79 Å². The molecule has 1 aromatic carbocycles. The van der Waals surface area contributed by atoms with Crippen LogP contribution in [0.15, 0.2) is 35.7 Å². The van der Waals surface area contributed by atoms with Crippen molar-refractivity contribution in [1.82, 2.24) is 5.32 Å². The molecule has 0 saturated carbocycles. The van der Waals surface area contributed by atoms with Gasteiger partial charge in [-0.05, 0) is 35.1 Å². The first-order valence-electron chi connectivity index (χ1n) is 10.6. The maximum Gasteiger partial charge on any atom is 0.256 e. The number of hydrogen-bond donors (Lipinski definition) is 2. The zero-order valence-corrected chi connectivity index (χ0v) is 18.6. The number of carbonyl (C=O) groups excluding carboxylic acids is 2. The van der Waals surface area contributed by atoms with Gasteiger partial charge >= 0.3 is 0 Å². The summed E-state index contributed by atoms with van der Waals surface area (Å²) in [7, 11) is 0. The molecule has 0 aliphatic carbocycles. The van der Waals surface area contributed by atoms with Crippen molar-refractivity contribution >= 4 is 28.2 Å². The van der Waals surface area contributed by atoms with E-state index in [1.165, 1.54) is 16.9 Å². The van der Waals surface area contributed by atoms with E-state index < -0.39 is 5.79 Å². The first kappa shape index (κ1) is 22.0. The first-order valence-corrected chi connectivity index (χ1v) is 11.5. The summed E-state index contributed by atoms with van der Waals surface area (Å²) in [6.07, 6.45) is 1.21. The van der Waals surface area contributed by atoms with E-state index in [1.807, 2.05) is 24.3 Å². The Labute approximate surface area is 186 Å². The summed E-state index contributed by atoms with van der Waals surface area (Å²) in [6.45, 7) is 6.26. The molecule has 1 aromatic heterocycles. The molecule has 31 heavy (non-hydrogen) atoms. The minimum absolute atomic E-state index is 0.196. The van der Waals surface area contributed by atoms with Crippen molar-refractivity contribution in [2.45, 2.75) is 44.5 Å². The Hall–Kier alpha value is -2.26. The molecule has 2 N–H and O–H groups in total. The second-order valence-electron chi connectivity index (χ2n) is 8.18. The van der Waals surface area contributed by atoms with E-state index in [9.17, 15) is 9.59 Å². The van der Waals surface area contributed by atoms with Crippen LogP contribution in [0.3, 0.4) is 0 Å². The maximum absolute atomic E-state index is 12.7. The maximum atomic E-state index is 12.7. The summed E-state index contributed by atoms with van der Waals surface area (Å²) in [5.41, 5.74) is 2.17. The van der Waals surface area contributed by atoms with Gasteiger partial charge in [0.25, 0.3) is 11.8 Å². The van der Waals surface area contributed by atoms with Crippen molar-refractivity contribution in [3.63, 3.8) is 0 Å². The Morgan fingerprint density at radius 1 is 1.13 bits per heavy atom. The van der Waals surface area contributed by atoms with E-state index in [0.717, 1.165) is 0 Å². The van der Waals surface area contributed by atoms with Gasteiger partial charge in [-0.15, -0.1) is 11.3 Å². The minimum atomic E-state index is -0.569. The van der Waals surface area contributed by atoms with Crippen LogP contribution in [-0.2, 0) is 14.2 Å². The van der Waals surface area contributed by atoms with Crippen LogP contribution in [0.1, 0.15) is 58.9 Å². The van der Waals surface area contributed by atoms with Crippen LogP contribution in [0.2, 0.25) is 0 Å². The number of amides is 2. The largest absolute Gasteiger partial charge is 0.381 e. The number of nitrogens with one attached hydrogen (secondary N) is 2. The Kier molecular flexibility index (Phi) is 6.71. The van der Waals surface area contributed by atoms with E-state index in [0.29, 0.717) is 61.3 Å². The Balaban J connectivity index is 1.32. The molecule has 2 amide bonds. The Morgan fingerprint density at radius 2 is 1.87 bits per heavy atom. The normalized spacial score (nSPS) is 20.2. The molecule has 4 rings (SSSR count). The van der Waals surface area contributed by atoms with Crippen LogP contribution in [0.25, 0.3) is 0 Å². The van der Waals surface area contributed by atoms with E-state index in [1.54, 1.807) is 11.4 Å². The Morgan fingerprint density at radius 3 is 2.58 bits per heavy atom. The van der Waals surface area contributed by atoms with Gasteiger partial charge < -0.3 is 24.8 Å². The highest BCUT2D eigenvalue weighted by Gasteiger charge is 2.42. The molecule has 8 heteroatoms. The van der Waals surface area contributed by atoms with Crippen molar-refractivity contribution in [1.29, 1.82) is 0 Å². The highest BCUT2D eigenvalue weighted by atomic mass is 32.1. The highest BCUT2D eigenvalue weighted by Crippen LogP contribution is 2.33. The molecule has 1 unspecified atom stereocenters. The van der Waals surface area contributed by atoms with Crippen LogP contribution in [0.4, 0.5) is 5.00 Å². The van der Waals surface area contributed by atoms with Gasteiger partial charge in [-0.2, -0.15) is 0 Å². The molecule has 2 aromatic rings. The molecule has 0 bridgehead atoms. The van der Waals surface area contributed by atoms with Crippen molar-refractivity contribution in [3.05, 3.63) is 52.4 Å². The fourth-order valence-electron chi connectivity index (χ4n) is 3.74. The number of ether oxygens (including phenoxy) is 3. The molecule has 2 aliphatic heterocycles. The quantitative estimate of drug-likeness (QED) is 0.708. The zero-order chi connectivity index (χ0) is 21.8. The average Bonchev–Trinajstić information content (AvgIpc) is 3.40. The molecule has 2 saturated heterocycles. The standard InChI is InChI=1S/C23H28N2O5S/c1-15(2)16-3-5-17(6-4-16)20(26)25-22-19(7-12-31-22)21(27)24-13-18-14-29-23(30-18)8-10-28-11-9-23/h3-7,12,15,18H,8-11,13-14H2,1-2H3,(H,24,27)(H,25,26). The molecule has 1 atom stereocenters.